The van der Waals surface area contributed by atoms with E-state index in [0.29, 0.717) is 6.29 Å². The van der Waals surface area contributed by atoms with Crippen LogP contribution in [0.2, 0.25) is 5.02 Å². The van der Waals surface area contributed by atoms with Gasteiger partial charge in [-0.3, -0.25) is 4.79 Å². The number of carbonyl (C=O) groups is 2. The molecule has 1 aromatic rings. The van der Waals surface area contributed by atoms with Gasteiger partial charge >= 0.3 is 5.97 Å². The van der Waals surface area contributed by atoms with E-state index >= 15 is 0 Å². The molecule has 0 radical (unpaired) electrons. The molecule has 1 aliphatic heterocycles. The van der Waals surface area contributed by atoms with E-state index in [4.69, 9.17) is 25.8 Å². The molecule has 0 spiro atoms. The van der Waals surface area contributed by atoms with Gasteiger partial charge in [-0.25, -0.2) is 4.79 Å². The third-order valence-corrected chi connectivity index (χ3v) is 3.05. The van der Waals surface area contributed by atoms with Crippen molar-refractivity contribution in [1.29, 1.82) is 0 Å². The van der Waals surface area contributed by atoms with Gasteiger partial charge in [0.25, 0.3) is 0 Å². The summed E-state index contributed by atoms with van der Waals surface area (Å²) in [5.74, 6) is -0.565. The summed E-state index contributed by atoms with van der Waals surface area (Å²) in [7, 11) is 0. The van der Waals surface area contributed by atoms with E-state index in [1.54, 1.807) is 6.92 Å². The Balaban J connectivity index is 2.52. The van der Waals surface area contributed by atoms with Crippen LogP contribution in [0.3, 0.4) is 0 Å². The molecule has 1 aliphatic rings. The number of halogens is 1. The van der Waals surface area contributed by atoms with Gasteiger partial charge in [-0.15, -0.1) is 0 Å². The van der Waals surface area contributed by atoms with Crippen LogP contribution in [0.25, 0.3) is 0 Å². The Morgan fingerprint density at radius 1 is 1.50 bits per heavy atom. The van der Waals surface area contributed by atoms with E-state index < -0.39 is 12.1 Å². The Bertz CT molecular complexity index is 542. The fourth-order valence-electron chi connectivity index (χ4n) is 1.90. The molecule has 0 amide bonds. The van der Waals surface area contributed by atoms with Crippen molar-refractivity contribution in [3.63, 3.8) is 0 Å². The van der Waals surface area contributed by atoms with Crippen molar-refractivity contribution in [3.8, 4) is 11.5 Å². The molecule has 1 atom stereocenters. The number of aliphatic hydroxyl groups excluding tert-OH is 1. The van der Waals surface area contributed by atoms with Gasteiger partial charge in [-0.1, -0.05) is 11.6 Å². The summed E-state index contributed by atoms with van der Waals surface area (Å²) in [4.78, 5) is 22.6. The minimum atomic E-state index is -1.60. The molecular formula is C13H13ClO6. The highest BCUT2D eigenvalue weighted by Crippen LogP contribution is 2.43. The molecular weight excluding hydrogens is 288 g/mol. The first-order valence-electron chi connectivity index (χ1n) is 6.02. The van der Waals surface area contributed by atoms with Gasteiger partial charge in [0.1, 0.15) is 13.2 Å². The van der Waals surface area contributed by atoms with Crippen LogP contribution in [0, 0.1) is 0 Å². The maximum absolute atomic E-state index is 11.6. The fraction of sp³-hybridized carbons (Fsp3) is 0.385. The summed E-state index contributed by atoms with van der Waals surface area (Å²) in [6.07, 6.45) is -1.03. The van der Waals surface area contributed by atoms with Crippen molar-refractivity contribution in [2.24, 2.45) is 0 Å². The molecule has 0 saturated heterocycles. The fourth-order valence-corrected chi connectivity index (χ4v) is 2.21. The molecule has 1 heterocycles. The Kier molecular flexibility index (Phi) is 4.46. The Morgan fingerprint density at radius 3 is 2.75 bits per heavy atom. The van der Waals surface area contributed by atoms with E-state index in [9.17, 15) is 14.7 Å². The highest BCUT2D eigenvalue weighted by molar-refractivity contribution is 6.32. The van der Waals surface area contributed by atoms with E-state index in [-0.39, 0.29) is 47.5 Å². The van der Waals surface area contributed by atoms with E-state index in [1.165, 1.54) is 6.07 Å². The molecule has 0 aromatic heterocycles. The summed E-state index contributed by atoms with van der Waals surface area (Å²) >= 11 is 6.02. The zero-order chi connectivity index (χ0) is 14.7. The molecule has 1 unspecified atom stereocenters. The number of aldehydes is 1. The van der Waals surface area contributed by atoms with Crippen molar-refractivity contribution in [1.82, 2.24) is 0 Å². The smallest absolute Gasteiger partial charge is 0.339 e. The molecule has 2 rings (SSSR count). The largest absolute Gasteiger partial charge is 0.486 e. The van der Waals surface area contributed by atoms with Crippen LogP contribution < -0.4 is 9.47 Å². The van der Waals surface area contributed by atoms with Crippen molar-refractivity contribution in [2.75, 3.05) is 19.8 Å². The minimum Gasteiger partial charge on any atom is -0.486 e. The van der Waals surface area contributed by atoms with Crippen LogP contribution in [0.4, 0.5) is 0 Å². The second-order valence-corrected chi connectivity index (χ2v) is 4.40. The number of esters is 1. The van der Waals surface area contributed by atoms with Crippen molar-refractivity contribution in [3.05, 3.63) is 22.2 Å². The SMILES string of the molecule is CCOC(=O)C(O)c1c(Cl)cc(C=O)c2c1OCCO2. The lowest BCUT2D eigenvalue weighted by atomic mass is 10.0. The predicted octanol–water partition coefficient (Wildman–Crippen LogP) is 1.52. The second-order valence-electron chi connectivity index (χ2n) is 3.99. The van der Waals surface area contributed by atoms with E-state index in [1.807, 2.05) is 0 Å². The highest BCUT2D eigenvalue weighted by Gasteiger charge is 2.31. The molecule has 6 nitrogen and oxygen atoms in total. The quantitative estimate of drug-likeness (QED) is 0.670. The normalized spacial score (nSPS) is 14.6. The zero-order valence-electron chi connectivity index (χ0n) is 10.7. The lowest BCUT2D eigenvalue weighted by Crippen LogP contribution is -2.22. The lowest BCUT2D eigenvalue weighted by molar-refractivity contribution is -0.153. The highest BCUT2D eigenvalue weighted by atomic mass is 35.5. The van der Waals surface area contributed by atoms with Gasteiger partial charge in [-0.05, 0) is 13.0 Å². The van der Waals surface area contributed by atoms with Crippen LogP contribution in [-0.2, 0) is 9.53 Å². The maximum atomic E-state index is 11.6. The first-order chi connectivity index (χ1) is 9.60. The Morgan fingerprint density at radius 2 is 2.15 bits per heavy atom. The van der Waals surface area contributed by atoms with Crippen molar-refractivity contribution >= 4 is 23.9 Å². The summed E-state index contributed by atoms with van der Waals surface area (Å²) in [5, 5.41) is 10.1. The van der Waals surface area contributed by atoms with Gasteiger partial charge in [0.05, 0.1) is 22.8 Å². The molecule has 20 heavy (non-hydrogen) atoms. The van der Waals surface area contributed by atoms with Crippen LogP contribution in [0.1, 0.15) is 28.9 Å². The number of carbonyl (C=O) groups excluding carboxylic acids is 2. The average Bonchev–Trinajstić information content (AvgIpc) is 2.46. The first-order valence-corrected chi connectivity index (χ1v) is 6.39. The number of rotatable bonds is 4. The van der Waals surface area contributed by atoms with E-state index in [2.05, 4.69) is 0 Å². The van der Waals surface area contributed by atoms with Gasteiger partial charge in [0, 0.05) is 0 Å². The van der Waals surface area contributed by atoms with Crippen LogP contribution in [-0.4, -0.2) is 37.2 Å². The topological polar surface area (TPSA) is 82.1 Å². The average molecular weight is 301 g/mol. The second kappa shape index (κ2) is 6.11. The number of aliphatic hydroxyl groups is 1. The monoisotopic (exact) mass is 300 g/mol. The Hall–Kier alpha value is -1.79. The molecule has 0 saturated carbocycles. The van der Waals surface area contributed by atoms with E-state index in [0.717, 1.165) is 0 Å². The third kappa shape index (κ3) is 2.57. The molecule has 0 aliphatic carbocycles. The molecule has 1 aromatic carbocycles. The number of benzene rings is 1. The summed E-state index contributed by atoms with van der Waals surface area (Å²) in [6.45, 7) is 2.24. The molecule has 0 fully saturated rings. The number of hydrogen-bond acceptors (Lipinski definition) is 6. The standard InChI is InChI=1S/C13H13ClO6/c1-2-18-13(17)10(16)9-8(14)5-7(6-15)11-12(9)20-4-3-19-11/h5-6,10,16H,2-4H2,1H3. The summed E-state index contributed by atoms with van der Waals surface area (Å²) < 4.78 is 15.5. The minimum absolute atomic E-state index is 0.0388. The zero-order valence-corrected chi connectivity index (χ0v) is 11.5. The van der Waals surface area contributed by atoms with Crippen LogP contribution >= 0.6 is 11.6 Å². The Labute approximate surface area is 120 Å². The van der Waals surface area contributed by atoms with Gasteiger partial charge in [-0.2, -0.15) is 0 Å². The number of fused-ring (bicyclic) bond motifs is 1. The van der Waals surface area contributed by atoms with Gasteiger partial charge in [0.15, 0.2) is 23.9 Å². The van der Waals surface area contributed by atoms with Crippen LogP contribution in [0.15, 0.2) is 6.07 Å². The summed E-state index contributed by atoms with van der Waals surface area (Å²) in [6, 6.07) is 1.32. The van der Waals surface area contributed by atoms with Crippen molar-refractivity contribution < 1.29 is 28.9 Å². The molecule has 0 bridgehead atoms. The predicted molar refractivity (Wildman–Crippen MR) is 69.4 cm³/mol. The molecule has 7 heteroatoms. The number of ether oxygens (including phenoxy) is 3. The van der Waals surface area contributed by atoms with Crippen LogP contribution in [0.5, 0.6) is 11.5 Å². The third-order valence-electron chi connectivity index (χ3n) is 2.74. The summed E-state index contributed by atoms with van der Waals surface area (Å²) in [5.41, 5.74) is 0.245. The van der Waals surface area contributed by atoms with Crippen molar-refractivity contribution in [2.45, 2.75) is 13.0 Å². The first kappa shape index (κ1) is 14.6. The molecule has 1 N–H and O–H groups in total. The van der Waals surface area contributed by atoms with Gasteiger partial charge in [0.2, 0.25) is 0 Å². The molecule has 108 valence electrons. The maximum Gasteiger partial charge on any atom is 0.339 e. The number of hydrogen-bond donors (Lipinski definition) is 1. The lowest BCUT2D eigenvalue weighted by Gasteiger charge is -2.24. The van der Waals surface area contributed by atoms with Gasteiger partial charge < -0.3 is 19.3 Å².